The van der Waals surface area contributed by atoms with Gasteiger partial charge in [-0.15, -0.1) is 0 Å². The first kappa shape index (κ1) is 18.3. The van der Waals surface area contributed by atoms with E-state index in [2.05, 4.69) is 5.10 Å². The van der Waals surface area contributed by atoms with Crippen molar-refractivity contribution < 1.29 is 27.8 Å². The summed E-state index contributed by atoms with van der Waals surface area (Å²) in [6.45, 7) is 1.89. The maximum atomic E-state index is 13.4. The van der Waals surface area contributed by atoms with Crippen LogP contribution in [0.15, 0.2) is 29.4 Å². The molecule has 0 aromatic heterocycles. The Labute approximate surface area is 137 Å². The van der Waals surface area contributed by atoms with E-state index in [-0.39, 0.29) is 16.3 Å². The molecule has 1 heterocycles. The minimum absolute atomic E-state index is 0.0440. The van der Waals surface area contributed by atoms with Crippen LogP contribution in [0.4, 0.5) is 13.2 Å². The number of hydrogen-bond acceptors (Lipinski definition) is 4. The Kier molecular flexibility index (Phi) is 5.17. The van der Waals surface area contributed by atoms with Crippen molar-refractivity contribution in [3.8, 4) is 5.75 Å². The Balaban J connectivity index is 2.37. The van der Waals surface area contributed by atoms with Crippen LogP contribution in [0.25, 0.3) is 0 Å². The SMILES string of the molecule is CCCCC1=NN(C(=O)c2cccc(OC)c2)[C@](O)(C(F)(F)F)C1. The lowest BCUT2D eigenvalue weighted by Gasteiger charge is -2.32. The number of amides is 1. The Morgan fingerprint density at radius 3 is 2.75 bits per heavy atom. The number of carbonyl (C=O) groups excluding carboxylic acids is 1. The summed E-state index contributed by atoms with van der Waals surface area (Å²) in [7, 11) is 1.38. The predicted molar refractivity (Wildman–Crippen MR) is 81.7 cm³/mol. The predicted octanol–water partition coefficient (Wildman–Crippen LogP) is 3.34. The Morgan fingerprint density at radius 1 is 1.46 bits per heavy atom. The smallest absolute Gasteiger partial charge is 0.438 e. The van der Waals surface area contributed by atoms with Gasteiger partial charge in [-0.05, 0) is 31.0 Å². The molecule has 1 N–H and O–H groups in total. The highest BCUT2D eigenvalue weighted by molar-refractivity contribution is 5.98. The average Bonchev–Trinajstić information content (AvgIpc) is 2.90. The molecule has 1 aromatic rings. The topological polar surface area (TPSA) is 62.1 Å². The van der Waals surface area contributed by atoms with Crippen molar-refractivity contribution in [2.24, 2.45) is 5.10 Å². The zero-order chi connectivity index (χ0) is 18.0. The number of nitrogens with zero attached hydrogens (tertiary/aromatic N) is 2. The highest BCUT2D eigenvalue weighted by atomic mass is 19.4. The molecular weight excluding hydrogens is 325 g/mol. The van der Waals surface area contributed by atoms with Crippen LogP contribution in [-0.4, -0.2) is 40.7 Å². The molecule has 0 spiro atoms. The van der Waals surface area contributed by atoms with Gasteiger partial charge in [0.2, 0.25) is 0 Å². The van der Waals surface area contributed by atoms with Crippen LogP contribution in [0, 0.1) is 0 Å². The number of carbonyl (C=O) groups is 1. The van der Waals surface area contributed by atoms with Crippen LogP contribution in [-0.2, 0) is 0 Å². The molecule has 2 rings (SSSR count). The monoisotopic (exact) mass is 344 g/mol. The van der Waals surface area contributed by atoms with Crippen LogP contribution in [0.1, 0.15) is 43.0 Å². The van der Waals surface area contributed by atoms with Crippen LogP contribution in [0.3, 0.4) is 0 Å². The zero-order valence-electron chi connectivity index (χ0n) is 13.4. The Hall–Kier alpha value is -2.09. The molecule has 0 unspecified atom stereocenters. The zero-order valence-corrected chi connectivity index (χ0v) is 13.4. The second-order valence-electron chi connectivity index (χ2n) is 5.61. The molecule has 132 valence electrons. The first-order valence-electron chi connectivity index (χ1n) is 7.57. The van der Waals surface area contributed by atoms with Crippen molar-refractivity contribution in [3.63, 3.8) is 0 Å². The van der Waals surface area contributed by atoms with Gasteiger partial charge in [0.1, 0.15) is 5.75 Å². The van der Waals surface area contributed by atoms with E-state index in [0.717, 1.165) is 6.42 Å². The second-order valence-corrected chi connectivity index (χ2v) is 5.61. The third-order valence-electron chi connectivity index (χ3n) is 3.82. The molecule has 1 aliphatic rings. The number of hydrogen-bond donors (Lipinski definition) is 1. The fourth-order valence-corrected chi connectivity index (χ4v) is 2.45. The van der Waals surface area contributed by atoms with Crippen LogP contribution in [0.2, 0.25) is 0 Å². The van der Waals surface area contributed by atoms with Crippen molar-refractivity contribution in [3.05, 3.63) is 29.8 Å². The first-order chi connectivity index (χ1) is 11.2. The molecule has 0 aliphatic carbocycles. The lowest BCUT2D eigenvalue weighted by molar-refractivity contribution is -0.297. The largest absolute Gasteiger partial charge is 0.497 e. The van der Waals surface area contributed by atoms with E-state index >= 15 is 0 Å². The Morgan fingerprint density at radius 2 is 2.17 bits per heavy atom. The summed E-state index contributed by atoms with van der Waals surface area (Å²) in [4.78, 5) is 12.5. The lowest BCUT2D eigenvalue weighted by Crippen LogP contribution is -2.56. The van der Waals surface area contributed by atoms with Gasteiger partial charge >= 0.3 is 6.18 Å². The minimum Gasteiger partial charge on any atom is -0.497 e. The fourth-order valence-electron chi connectivity index (χ4n) is 2.45. The molecule has 1 amide bonds. The molecule has 0 bridgehead atoms. The molecule has 8 heteroatoms. The standard InChI is InChI=1S/C16H19F3N2O3/c1-3-4-7-12-10-15(23,16(17,18)19)21(20-12)14(22)11-6-5-8-13(9-11)24-2/h5-6,8-9,23H,3-4,7,10H2,1-2H3/t15-/m1/s1. The number of halogens is 3. The maximum Gasteiger partial charge on any atom is 0.438 e. The van der Waals surface area contributed by atoms with E-state index in [1.807, 2.05) is 6.92 Å². The summed E-state index contributed by atoms with van der Waals surface area (Å²) in [5.41, 5.74) is -3.21. The van der Waals surface area contributed by atoms with E-state index in [0.29, 0.717) is 18.6 Å². The molecule has 24 heavy (non-hydrogen) atoms. The van der Waals surface area contributed by atoms with Crippen LogP contribution >= 0.6 is 0 Å². The first-order valence-corrected chi connectivity index (χ1v) is 7.57. The second kappa shape index (κ2) is 6.80. The number of rotatable bonds is 5. The van der Waals surface area contributed by atoms with E-state index < -0.39 is 24.2 Å². The van der Waals surface area contributed by atoms with Crippen molar-refractivity contribution in [1.29, 1.82) is 0 Å². The highest BCUT2D eigenvalue weighted by Crippen LogP contribution is 2.41. The van der Waals surface area contributed by atoms with Gasteiger partial charge < -0.3 is 9.84 Å². The molecular formula is C16H19F3N2O3. The molecule has 0 radical (unpaired) electrons. The molecule has 5 nitrogen and oxygen atoms in total. The summed E-state index contributed by atoms with van der Waals surface area (Å²) in [5, 5.41) is 14.1. The molecule has 0 fully saturated rings. The number of methoxy groups -OCH3 is 1. The highest BCUT2D eigenvalue weighted by Gasteiger charge is 2.63. The van der Waals surface area contributed by atoms with Crippen molar-refractivity contribution in [2.75, 3.05) is 7.11 Å². The van der Waals surface area contributed by atoms with E-state index in [1.165, 1.54) is 25.3 Å². The van der Waals surface area contributed by atoms with Gasteiger partial charge in [-0.3, -0.25) is 4.79 Å². The number of benzene rings is 1. The number of aliphatic hydroxyl groups is 1. The fraction of sp³-hybridized carbons (Fsp3) is 0.500. The number of ether oxygens (including phenoxy) is 1. The Bertz CT molecular complexity index is 646. The third-order valence-corrected chi connectivity index (χ3v) is 3.82. The van der Waals surface area contributed by atoms with Gasteiger partial charge in [0, 0.05) is 17.7 Å². The molecule has 1 aliphatic heterocycles. The quantitative estimate of drug-likeness (QED) is 0.891. The van der Waals surface area contributed by atoms with E-state index in [4.69, 9.17) is 4.74 Å². The lowest BCUT2D eigenvalue weighted by atomic mass is 10.0. The van der Waals surface area contributed by atoms with Gasteiger partial charge in [0.25, 0.3) is 11.6 Å². The summed E-state index contributed by atoms with van der Waals surface area (Å²) in [5.74, 6) is -0.703. The summed E-state index contributed by atoms with van der Waals surface area (Å²) < 4.78 is 45.1. The van der Waals surface area contributed by atoms with Crippen LogP contribution in [0.5, 0.6) is 5.75 Å². The van der Waals surface area contributed by atoms with Gasteiger partial charge in [-0.1, -0.05) is 19.4 Å². The molecule has 1 aromatic carbocycles. The molecule has 1 atom stereocenters. The minimum atomic E-state index is -5.01. The summed E-state index contributed by atoms with van der Waals surface area (Å²) in [6, 6.07) is 5.70. The summed E-state index contributed by atoms with van der Waals surface area (Å²) in [6.07, 6.45) is -4.04. The normalized spacial score (nSPS) is 20.9. The van der Waals surface area contributed by atoms with E-state index in [1.54, 1.807) is 6.07 Å². The average molecular weight is 344 g/mol. The van der Waals surface area contributed by atoms with Crippen molar-refractivity contribution in [1.82, 2.24) is 5.01 Å². The van der Waals surface area contributed by atoms with Crippen molar-refractivity contribution >= 4 is 11.6 Å². The molecule has 0 saturated carbocycles. The third kappa shape index (κ3) is 3.38. The number of unbranched alkanes of at least 4 members (excludes halogenated alkanes) is 1. The number of alkyl halides is 3. The van der Waals surface area contributed by atoms with E-state index in [9.17, 15) is 23.1 Å². The van der Waals surface area contributed by atoms with Gasteiger partial charge in [0.15, 0.2) is 0 Å². The van der Waals surface area contributed by atoms with Crippen LogP contribution < -0.4 is 4.74 Å². The maximum absolute atomic E-state index is 13.4. The summed E-state index contributed by atoms with van der Waals surface area (Å²) >= 11 is 0. The van der Waals surface area contributed by atoms with Crippen molar-refractivity contribution in [2.45, 2.75) is 44.5 Å². The van der Waals surface area contributed by atoms with Gasteiger partial charge in [-0.25, -0.2) is 0 Å². The van der Waals surface area contributed by atoms with Gasteiger partial charge in [-0.2, -0.15) is 23.3 Å². The molecule has 0 saturated heterocycles. The number of hydrazone groups is 1. The van der Waals surface area contributed by atoms with Gasteiger partial charge in [0.05, 0.1) is 7.11 Å².